The molecule has 1 aliphatic carbocycles. The van der Waals surface area contributed by atoms with Crippen LogP contribution in [0.25, 0.3) is 0 Å². The average Bonchev–Trinajstić information content (AvgIpc) is 2.48. The molecule has 1 heterocycles. The molecule has 1 saturated carbocycles. The smallest absolute Gasteiger partial charge is 0.227 e. The summed E-state index contributed by atoms with van der Waals surface area (Å²) in [5.41, 5.74) is 6.80. The quantitative estimate of drug-likeness (QED) is 0.920. The molecule has 1 amide bonds. The molecule has 1 fully saturated rings. The van der Waals surface area contributed by atoms with E-state index in [1.54, 1.807) is 17.3 Å². The van der Waals surface area contributed by atoms with Crippen LogP contribution in [0.4, 0.5) is 5.69 Å². The number of halogens is 2. The lowest BCUT2D eigenvalue weighted by molar-refractivity contribution is -0.121. The van der Waals surface area contributed by atoms with Crippen molar-refractivity contribution in [2.24, 2.45) is 11.1 Å². The van der Waals surface area contributed by atoms with Gasteiger partial charge in [-0.2, -0.15) is 0 Å². The van der Waals surface area contributed by atoms with E-state index in [0.717, 1.165) is 18.5 Å². The number of aromatic nitrogens is 1. The van der Waals surface area contributed by atoms with Gasteiger partial charge in [0.15, 0.2) is 0 Å². The van der Waals surface area contributed by atoms with E-state index in [9.17, 15) is 4.79 Å². The SMILES string of the molecule is CN(C(=O)CC1(CN)CCCCC1)c1cccnc1.Cl.Cl. The van der Waals surface area contributed by atoms with Gasteiger partial charge < -0.3 is 10.6 Å². The zero-order valence-corrected chi connectivity index (χ0v) is 14.1. The predicted molar refractivity (Wildman–Crippen MR) is 91.3 cm³/mol. The minimum atomic E-state index is 0. The average molecular weight is 334 g/mol. The number of nitrogens with two attached hydrogens (primary N) is 1. The number of carbonyl (C=O) groups is 1. The van der Waals surface area contributed by atoms with E-state index in [1.165, 1.54) is 19.3 Å². The fourth-order valence-electron chi connectivity index (χ4n) is 2.89. The van der Waals surface area contributed by atoms with Gasteiger partial charge in [-0.1, -0.05) is 19.3 Å². The van der Waals surface area contributed by atoms with Crippen LogP contribution in [0.1, 0.15) is 38.5 Å². The van der Waals surface area contributed by atoms with Gasteiger partial charge in [0.25, 0.3) is 0 Å². The van der Waals surface area contributed by atoms with Crippen molar-refractivity contribution in [2.75, 3.05) is 18.5 Å². The molecular weight excluding hydrogens is 309 g/mol. The summed E-state index contributed by atoms with van der Waals surface area (Å²) in [6, 6.07) is 3.75. The van der Waals surface area contributed by atoms with E-state index < -0.39 is 0 Å². The van der Waals surface area contributed by atoms with Gasteiger partial charge in [0, 0.05) is 19.7 Å². The molecule has 0 aliphatic heterocycles. The van der Waals surface area contributed by atoms with Crippen molar-refractivity contribution >= 4 is 36.4 Å². The number of carbonyl (C=O) groups excluding carboxylic acids is 1. The molecule has 0 bridgehead atoms. The highest BCUT2D eigenvalue weighted by molar-refractivity contribution is 5.93. The highest BCUT2D eigenvalue weighted by Gasteiger charge is 2.34. The summed E-state index contributed by atoms with van der Waals surface area (Å²) in [6.07, 6.45) is 9.80. The molecule has 0 unspecified atom stereocenters. The van der Waals surface area contributed by atoms with E-state index in [0.29, 0.717) is 13.0 Å². The largest absolute Gasteiger partial charge is 0.330 e. The van der Waals surface area contributed by atoms with E-state index in [4.69, 9.17) is 5.73 Å². The Labute approximate surface area is 139 Å². The molecule has 0 atom stereocenters. The van der Waals surface area contributed by atoms with Crippen molar-refractivity contribution in [2.45, 2.75) is 38.5 Å². The fourth-order valence-corrected chi connectivity index (χ4v) is 2.89. The zero-order chi connectivity index (χ0) is 13.7. The molecule has 2 N–H and O–H groups in total. The van der Waals surface area contributed by atoms with Crippen LogP contribution in [0.3, 0.4) is 0 Å². The lowest BCUT2D eigenvalue weighted by atomic mass is 9.71. The molecule has 6 heteroatoms. The van der Waals surface area contributed by atoms with Gasteiger partial charge in [0.1, 0.15) is 0 Å². The zero-order valence-electron chi connectivity index (χ0n) is 12.5. The van der Waals surface area contributed by atoms with Crippen molar-refractivity contribution in [3.63, 3.8) is 0 Å². The Kier molecular flexibility index (Phi) is 8.86. The van der Waals surface area contributed by atoms with Crippen LogP contribution in [0.2, 0.25) is 0 Å². The van der Waals surface area contributed by atoms with Crippen LogP contribution in [0.15, 0.2) is 24.5 Å². The van der Waals surface area contributed by atoms with Crippen LogP contribution in [0.5, 0.6) is 0 Å². The van der Waals surface area contributed by atoms with Crippen molar-refractivity contribution < 1.29 is 4.79 Å². The van der Waals surface area contributed by atoms with Gasteiger partial charge in [-0.15, -0.1) is 24.8 Å². The summed E-state index contributed by atoms with van der Waals surface area (Å²) in [5.74, 6) is 0.139. The highest BCUT2D eigenvalue weighted by atomic mass is 35.5. The van der Waals surface area contributed by atoms with Gasteiger partial charge in [-0.25, -0.2) is 0 Å². The maximum Gasteiger partial charge on any atom is 0.227 e. The summed E-state index contributed by atoms with van der Waals surface area (Å²) < 4.78 is 0. The molecular formula is C15H25Cl2N3O. The van der Waals surface area contributed by atoms with Crippen LogP contribution < -0.4 is 10.6 Å². The van der Waals surface area contributed by atoms with Crippen molar-refractivity contribution in [1.82, 2.24) is 4.98 Å². The number of nitrogens with zero attached hydrogens (tertiary/aromatic N) is 2. The predicted octanol–water partition coefficient (Wildman–Crippen LogP) is 3.19. The van der Waals surface area contributed by atoms with Crippen LogP contribution in [-0.2, 0) is 4.79 Å². The van der Waals surface area contributed by atoms with Crippen LogP contribution in [-0.4, -0.2) is 24.5 Å². The first kappa shape index (κ1) is 20.2. The Morgan fingerprint density at radius 3 is 2.52 bits per heavy atom. The second kappa shape index (κ2) is 9.23. The topological polar surface area (TPSA) is 59.2 Å². The number of rotatable bonds is 4. The monoisotopic (exact) mass is 333 g/mol. The second-order valence-corrected chi connectivity index (χ2v) is 5.61. The van der Waals surface area contributed by atoms with Crippen molar-refractivity contribution in [1.29, 1.82) is 0 Å². The molecule has 1 aromatic heterocycles. The molecule has 4 nitrogen and oxygen atoms in total. The standard InChI is InChI=1S/C15H23N3O.2ClH/c1-18(13-6-5-9-17-11-13)14(19)10-15(12-16)7-3-2-4-8-15;;/h5-6,9,11H,2-4,7-8,10,12,16H2,1H3;2*1H. The van der Waals surface area contributed by atoms with Crippen molar-refractivity contribution in [3.05, 3.63) is 24.5 Å². The van der Waals surface area contributed by atoms with Crippen LogP contribution in [0, 0.1) is 5.41 Å². The maximum atomic E-state index is 12.4. The molecule has 0 radical (unpaired) electrons. The van der Waals surface area contributed by atoms with Gasteiger partial charge >= 0.3 is 0 Å². The minimum Gasteiger partial charge on any atom is -0.330 e. The molecule has 1 aromatic rings. The van der Waals surface area contributed by atoms with Gasteiger partial charge in [0.05, 0.1) is 11.9 Å². The summed E-state index contributed by atoms with van der Waals surface area (Å²) in [7, 11) is 1.81. The number of amides is 1. The van der Waals surface area contributed by atoms with Gasteiger partial charge in [-0.05, 0) is 36.9 Å². The first-order chi connectivity index (χ1) is 9.17. The number of hydrogen-bond donors (Lipinski definition) is 1. The summed E-state index contributed by atoms with van der Waals surface area (Å²) in [5, 5.41) is 0. The minimum absolute atomic E-state index is 0. The number of anilines is 1. The third kappa shape index (κ3) is 5.13. The lowest BCUT2D eigenvalue weighted by Gasteiger charge is -2.36. The van der Waals surface area contributed by atoms with E-state index in [2.05, 4.69) is 4.98 Å². The Hall–Kier alpha value is -0.840. The fraction of sp³-hybridized carbons (Fsp3) is 0.600. The maximum absolute atomic E-state index is 12.4. The number of pyridine rings is 1. The molecule has 1 aliphatic rings. The molecule has 120 valence electrons. The van der Waals surface area contributed by atoms with E-state index in [-0.39, 0.29) is 36.1 Å². The summed E-state index contributed by atoms with van der Waals surface area (Å²) in [4.78, 5) is 18.2. The molecule has 0 saturated heterocycles. The van der Waals surface area contributed by atoms with E-state index >= 15 is 0 Å². The third-order valence-corrected chi connectivity index (χ3v) is 4.28. The van der Waals surface area contributed by atoms with Gasteiger partial charge in [0.2, 0.25) is 5.91 Å². The molecule has 2 rings (SSSR count). The molecule has 0 spiro atoms. The third-order valence-electron chi connectivity index (χ3n) is 4.28. The Bertz CT molecular complexity index is 422. The molecule has 0 aromatic carbocycles. The lowest BCUT2D eigenvalue weighted by Crippen LogP contribution is -2.39. The van der Waals surface area contributed by atoms with E-state index in [1.807, 2.05) is 19.2 Å². The Morgan fingerprint density at radius 2 is 2.00 bits per heavy atom. The Balaban J connectivity index is 0.00000200. The van der Waals surface area contributed by atoms with Crippen LogP contribution >= 0.6 is 24.8 Å². The first-order valence-corrected chi connectivity index (χ1v) is 7.03. The first-order valence-electron chi connectivity index (χ1n) is 7.03. The summed E-state index contributed by atoms with van der Waals surface area (Å²) >= 11 is 0. The number of hydrogen-bond acceptors (Lipinski definition) is 3. The molecule has 21 heavy (non-hydrogen) atoms. The summed E-state index contributed by atoms with van der Waals surface area (Å²) in [6.45, 7) is 0.611. The van der Waals surface area contributed by atoms with Crippen molar-refractivity contribution in [3.8, 4) is 0 Å². The Morgan fingerprint density at radius 1 is 1.33 bits per heavy atom. The highest BCUT2D eigenvalue weighted by Crippen LogP contribution is 2.38. The normalized spacial score (nSPS) is 16.3. The second-order valence-electron chi connectivity index (χ2n) is 5.61. The van der Waals surface area contributed by atoms with Gasteiger partial charge in [-0.3, -0.25) is 9.78 Å².